The minimum Gasteiger partial charge on any atom is -0.319 e. The van der Waals surface area contributed by atoms with Gasteiger partial charge in [0.2, 0.25) is 5.82 Å². The summed E-state index contributed by atoms with van der Waals surface area (Å²) in [6.45, 7) is 4.00. The van der Waals surface area contributed by atoms with Crippen LogP contribution in [0.25, 0.3) is 17.1 Å². The Balaban J connectivity index is 1.79. The summed E-state index contributed by atoms with van der Waals surface area (Å²) in [6.07, 6.45) is 0. The van der Waals surface area contributed by atoms with Gasteiger partial charge < -0.3 is 5.32 Å². The van der Waals surface area contributed by atoms with Crippen molar-refractivity contribution in [3.63, 3.8) is 0 Å². The van der Waals surface area contributed by atoms with Crippen LogP contribution in [0, 0.1) is 19.7 Å². The molecule has 0 unspecified atom stereocenters. The Bertz CT molecular complexity index is 1220. The SMILES string of the molecule is Cc1cccc(-n2nc(C(=O)Nc3ccc(Br)cc3)nc2-c2ccc(F)cc2)c1C. The maximum atomic E-state index is 13.4. The summed E-state index contributed by atoms with van der Waals surface area (Å²) in [6, 6.07) is 19.1. The van der Waals surface area contributed by atoms with E-state index in [-0.39, 0.29) is 11.6 Å². The molecule has 0 bridgehead atoms. The first kappa shape index (κ1) is 20.0. The molecule has 0 spiro atoms. The Hall–Kier alpha value is -3.32. The highest BCUT2D eigenvalue weighted by atomic mass is 79.9. The van der Waals surface area contributed by atoms with E-state index in [0.29, 0.717) is 17.1 Å². The van der Waals surface area contributed by atoms with Gasteiger partial charge in [0, 0.05) is 15.7 Å². The van der Waals surface area contributed by atoms with Gasteiger partial charge in [0.15, 0.2) is 5.82 Å². The lowest BCUT2D eigenvalue weighted by Gasteiger charge is -2.11. The molecule has 0 fully saturated rings. The number of carbonyl (C=O) groups excluding carboxylic acids is 1. The molecule has 0 saturated heterocycles. The van der Waals surface area contributed by atoms with E-state index in [4.69, 9.17) is 0 Å². The number of amides is 1. The second-order valence-electron chi connectivity index (χ2n) is 6.86. The van der Waals surface area contributed by atoms with Gasteiger partial charge in [-0.15, -0.1) is 5.10 Å². The lowest BCUT2D eigenvalue weighted by Crippen LogP contribution is -2.14. The van der Waals surface area contributed by atoms with Crippen LogP contribution >= 0.6 is 15.9 Å². The monoisotopic (exact) mass is 464 g/mol. The van der Waals surface area contributed by atoms with Gasteiger partial charge in [0.25, 0.3) is 5.91 Å². The summed E-state index contributed by atoms with van der Waals surface area (Å²) < 4.78 is 16.0. The highest BCUT2D eigenvalue weighted by Crippen LogP contribution is 2.25. The number of halogens is 2. The second-order valence-corrected chi connectivity index (χ2v) is 7.77. The molecule has 4 aromatic rings. The van der Waals surface area contributed by atoms with Gasteiger partial charge in [0.1, 0.15) is 5.82 Å². The molecule has 150 valence electrons. The summed E-state index contributed by atoms with van der Waals surface area (Å²) in [5.74, 6) is -0.280. The molecule has 1 N–H and O–H groups in total. The van der Waals surface area contributed by atoms with Crippen LogP contribution in [0.4, 0.5) is 10.1 Å². The van der Waals surface area contributed by atoms with Gasteiger partial charge in [-0.2, -0.15) is 0 Å². The molecule has 0 aliphatic carbocycles. The first-order valence-electron chi connectivity index (χ1n) is 9.29. The molecular formula is C23H18BrFN4O. The normalized spacial score (nSPS) is 10.8. The van der Waals surface area contributed by atoms with Crippen molar-refractivity contribution in [2.24, 2.45) is 0 Å². The van der Waals surface area contributed by atoms with E-state index in [9.17, 15) is 9.18 Å². The van der Waals surface area contributed by atoms with Crippen molar-refractivity contribution >= 4 is 27.5 Å². The fourth-order valence-corrected chi connectivity index (χ4v) is 3.31. The van der Waals surface area contributed by atoms with Crippen LogP contribution in [0.15, 0.2) is 71.2 Å². The first-order valence-corrected chi connectivity index (χ1v) is 10.1. The molecule has 1 heterocycles. The van der Waals surface area contributed by atoms with E-state index in [1.807, 2.05) is 44.2 Å². The number of carbonyl (C=O) groups is 1. The van der Waals surface area contributed by atoms with Crippen molar-refractivity contribution < 1.29 is 9.18 Å². The molecule has 30 heavy (non-hydrogen) atoms. The second kappa shape index (κ2) is 8.20. The summed E-state index contributed by atoms with van der Waals surface area (Å²) in [5.41, 5.74) is 4.21. The summed E-state index contributed by atoms with van der Waals surface area (Å²) in [4.78, 5) is 17.3. The average molecular weight is 465 g/mol. The minimum atomic E-state index is -0.426. The number of hydrogen-bond donors (Lipinski definition) is 1. The van der Waals surface area contributed by atoms with Gasteiger partial charge in [-0.1, -0.05) is 28.1 Å². The van der Waals surface area contributed by atoms with Crippen molar-refractivity contribution in [2.45, 2.75) is 13.8 Å². The molecule has 3 aromatic carbocycles. The third kappa shape index (κ3) is 4.02. The number of nitrogens with zero attached hydrogens (tertiary/aromatic N) is 3. The summed E-state index contributed by atoms with van der Waals surface area (Å²) in [7, 11) is 0. The van der Waals surface area contributed by atoms with Crippen LogP contribution < -0.4 is 5.32 Å². The van der Waals surface area contributed by atoms with E-state index in [0.717, 1.165) is 21.3 Å². The molecule has 4 rings (SSSR count). The molecule has 7 heteroatoms. The number of aryl methyl sites for hydroxylation is 1. The highest BCUT2D eigenvalue weighted by molar-refractivity contribution is 9.10. The minimum absolute atomic E-state index is 0.0261. The van der Waals surface area contributed by atoms with E-state index < -0.39 is 5.91 Å². The molecule has 1 aromatic heterocycles. The zero-order valence-electron chi connectivity index (χ0n) is 16.4. The van der Waals surface area contributed by atoms with Gasteiger partial charge >= 0.3 is 0 Å². The Morgan fingerprint density at radius 2 is 1.70 bits per heavy atom. The van der Waals surface area contributed by atoms with Crippen molar-refractivity contribution in [3.05, 3.63) is 94.0 Å². The fraction of sp³-hybridized carbons (Fsp3) is 0.0870. The largest absolute Gasteiger partial charge is 0.319 e. The fourth-order valence-electron chi connectivity index (χ4n) is 3.05. The predicted octanol–water partition coefficient (Wildman–Crippen LogP) is 5.71. The number of nitrogens with one attached hydrogen (secondary N) is 1. The maximum absolute atomic E-state index is 13.4. The zero-order valence-corrected chi connectivity index (χ0v) is 17.9. The smallest absolute Gasteiger partial charge is 0.295 e. The van der Waals surface area contributed by atoms with Crippen LogP contribution in [0.3, 0.4) is 0 Å². The Kier molecular flexibility index (Phi) is 5.46. The van der Waals surface area contributed by atoms with Crippen LogP contribution in [0.1, 0.15) is 21.7 Å². The Labute approximate surface area is 181 Å². The predicted molar refractivity (Wildman–Crippen MR) is 118 cm³/mol. The molecule has 0 radical (unpaired) electrons. The van der Waals surface area contributed by atoms with Crippen LogP contribution in [-0.4, -0.2) is 20.7 Å². The maximum Gasteiger partial charge on any atom is 0.295 e. The van der Waals surface area contributed by atoms with Crippen molar-refractivity contribution in [1.82, 2.24) is 14.8 Å². The molecule has 0 atom stereocenters. The first-order chi connectivity index (χ1) is 14.4. The quantitative estimate of drug-likeness (QED) is 0.420. The third-order valence-electron chi connectivity index (χ3n) is 4.82. The molecule has 0 saturated carbocycles. The topological polar surface area (TPSA) is 59.8 Å². The molecule has 5 nitrogen and oxygen atoms in total. The van der Waals surface area contributed by atoms with Gasteiger partial charge in [-0.25, -0.2) is 14.1 Å². The molecule has 0 aliphatic rings. The van der Waals surface area contributed by atoms with Crippen LogP contribution in [0.2, 0.25) is 0 Å². The number of rotatable bonds is 4. The highest BCUT2D eigenvalue weighted by Gasteiger charge is 2.20. The number of benzene rings is 3. The van der Waals surface area contributed by atoms with E-state index in [1.54, 1.807) is 28.9 Å². The van der Waals surface area contributed by atoms with Crippen molar-refractivity contribution in [2.75, 3.05) is 5.32 Å². The Morgan fingerprint density at radius 1 is 1.00 bits per heavy atom. The Morgan fingerprint density at radius 3 is 2.40 bits per heavy atom. The van der Waals surface area contributed by atoms with Crippen molar-refractivity contribution in [1.29, 1.82) is 0 Å². The third-order valence-corrected chi connectivity index (χ3v) is 5.35. The van der Waals surface area contributed by atoms with E-state index in [2.05, 4.69) is 31.3 Å². The number of aromatic nitrogens is 3. The van der Waals surface area contributed by atoms with Gasteiger partial charge in [-0.3, -0.25) is 4.79 Å². The van der Waals surface area contributed by atoms with Crippen LogP contribution in [0.5, 0.6) is 0 Å². The van der Waals surface area contributed by atoms with Gasteiger partial charge in [-0.05, 0) is 79.6 Å². The summed E-state index contributed by atoms with van der Waals surface area (Å²) >= 11 is 3.37. The lowest BCUT2D eigenvalue weighted by atomic mass is 10.1. The molecule has 1 amide bonds. The van der Waals surface area contributed by atoms with Crippen molar-refractivity contribution in [3.8, 4) is 17.1 Å². The standard InChI is InChI=1S/C23H18BrFN4O/c1-14-4-3-5-20(15(14)2)29-22(16-6-10-18(25)11-7-16)27-21(28-29)23(30)26-19-12-8-17(24)9-13-19/h3-13H,1-2H3,(H,26,30). The van der Waals surface area contributed by atoms with E-state index >= 15 is 0 Å². The number of anilines is 1. The average Bonchev–Trinajstić information content (AvgIpc) is 3.17. The van der Waals surface area contributed by atoms with Crippen LogP contribution in [-0.2, 0) is 0 Å². The van der Waals surface area contributed by atoms with E-state index in [1.165, 1.54) is 12.1 Å². The van der Waals surface area contributed by atoms with Gasteiger partial charge in [0.05, 0.1) is 5.69 Å². The molecular weight excluding hydrogens is 447 g/mol. The lowest BCUT2D eigenvalue weighted by molar-refractivity contribution is 0.101. The summed E-state index contributed by atoms with van der Waals surface area (Å²) in [5, 5.41) is 7.29. The zero-order chi connectivity index (χ0) is 21.3. The number of hydrogen-bond acceptors (Lipinski definition) is 3. The molecule has 0 aliphatic heterocycles.